The van der Waals surface area contributed by atoms with E-state index in [1.807, 2.05) is 0 Å². The van der Waals surface area contributed by atoms with Gasteiger partial charge in [-0.2, -0.15) is 0 Å². The van der Waals surface area contributed by atoms with Crippen LogP contribution < -0.4 is 0 Å². The minimum Gasteiger partial charge on any atom is -0.462 e. The molecule has 0 bridgehead atoms. The maximum Gasteiger partial charge on any atom is 0.306 e. The summed E-state index contributed by atoms with van der Waals surface area (Å²) >= 11 is 0. The van der Waals surface area contributed by atoms with Crippen molar-refractivity contribution in [2.45, 2.75) is 316 Å². The summed E-state index contributed by atoms with van der Waals surface area (Å²) in [5.41, 5.74) is 0. The lowest BCUT2D eigenvalue weighted by molar-refractivity contribution is -0.167. The Kier molecular flexibility index (Phi) is 48.1. The number of rotatable bonds is 50. The van der Waals surface area contributed by atoms with Gasteiger partial charge in [-0.1, -0.05) is 272 Å². The lowest BCUT2D eigenvalue weighted by Crippen LogP contribution is -2.30. The Hall–Kier alpha value is -1.59. The van der Waals surface area contributed by atoms with Crippen LogP contribution in [0, 0.1) is 5.92 Å². The first kappa shape index (κ1) is 59.4. The van der Waals surface area contributed by atoms with Crippen molar-refractivity contribution < 1.29 is 28.6 Å². The number of carbonyl (C=O) groups excluding carboxylic acids is 3. The summed E-state index contributed by atoms with van der Waals surface area (Å²) in [6.07, 6.45) is 52.4. The highest BCUT2D eigenvalue weighted by atomic mass is 16.6. The molecule has 0 aliphatic carbocycles. The average Bonchev–Trinajstić information content (AvgIpc) is 3.24. The minimum absolute atomic E-state index is 0.0627. The van der Waals surface area contributed by atoms with Crippen LogP contribution in [0.15, 0.2) is 0 Å². The van der Waals surface area contributed by atoms with Crippen LogP contribution in [0.2, 0.25) is 0 Å². The molecule has 0 N–H and O–H groups in total. The Labute approximate surface area is 380 Å². The zero-order chi connectivity index (χ0) is 44.5. The van der Waals surface area contributed by atoms with Gasteiger partial charge in [0.1, 0.15) is 13.2 Å². The van der Waals surface area contributed by atoms with E-state index in [9.17, 15) is 14.4 Å². The van der Waals surface area contributed by atoms with Crippen molar-refractivity contribution in [3.05, 3.63) is 0 Å². The second-order valence-corrected chi connectivity index (χ2v) is 19.3. The molecule has 0 aliphatic heterocycles. The highest BCUT2D eigenvalue weighted by Crippen LogP contribution is 2.17. The quantitative estimate of drug-likeness (QED) is 0.0344. The molecule has 0 radical (unpaired) electrons. The van der Waals surface area contributed by atoms with Gasteiger partial charge in [-0.05, 0) is 25.2 Å². The van der Waals surface area contributed by atoms with Gasteiger partial charge in [0, 0.05) is 19.3 Å². The maximum absolute atomic E-state index is 12.8. The van der Waals surface area contributed by atoms with E-state index in [0.29, 0.717) is 19.3 Å². The highest BCUT2D eigenvalue weighted by Gasteiger charge is 2.19. The van der Waals surface area contributed by atoms with E-state index in [-0.39, 0.29) is 31.1 Å². The fourth-order valence-corrected chi connectivity index (χ4v) is 8.39. The van der Waals surface area contributed by atoms with E-state index < -0.39 is 6.10 Å². The van der Waals surface area contributed by atoms with Crippen LogP contribution in [0.1, 0.15) is 310 Å². The van der Waals surface area contributed by atoms with Crippen molar-refractivity contribution in [2.24, 2.45) is 5.92 Å². The fraction of sp³-hybridized carbons (Fsp3) is 0.945. The van der Waals surface area contributed by atoms with Crippen LogP contribution in [-0.2, 0) is 28.6 Å². The first-order valence-corrected chi connectivity index (χ1v) is 27.4. The molecule has 0 fully saturated rings. The van der Waals surface area contributed by atoms with Crippen molar-refractivity contribution in [1.29, 1.82) is 0 Å². The van der Waals surface area contributed by atoms with Crippen LogP contribution in [0.4, 0.5) is 0 Å². The zero-order valence-corrected chi connectivity index (χ0v) is 41.6. The summed E-state index contributed by atoms with van der Waals surface area (Å²) in [7, 11) is 0. The van der Waals surface area contributed by atoms with Gasteiger partial charge < -0.3 is 14.2 Å². The Bertz CT molecular complexity index is 918. The Morgan fingerprint density at radius 1 is 0.311 bits per heavy atom. The molecule has 0 aliphatic rings. The van der Waals surface area contributed by atoms with Crippen molar-refractivity contribution in [2.75, 3.05) is 13.2 Å². The van der Waals surface area contributed by atoms with Gasteiger partial charge in [0.25, 0.3) is 0 Å². The zero-order valence-electron chi connectivity index (χ0n) is 41.6. The molecule has 1 atom stereocenters. The Morgan fingerprint density at radius 2 is 0.541 bits per heavy atom. The third-order valence-corrected chi connectivity index (χ3v) is 12.5. The van der Waals surface area contributed by atoms with Crippen LogP contribution in [0.5, 0.6) is 0 Å². The topological polar surface area (TPSA) is 78.9 Å². The van der Waals surface area contributed by atoms with Gasteiger partial charge in [-0.15, -0.1) is 0 Å². The SMILES string of the molecule is CCCCCCCCCCCCCCCCCCCCCC(=O)OC[C@@H](COC(=O)CCCCCCCCCCCCCC)OC(=O)CCCCCCCCCCCC(C)C. The minimum atomic E-state index is -0.761. The average molecular weight is 863 g/mol. The first-order chi connectivity index (χ1) is 29.9. The molecule has 0 saturated carbocycles. The number of hydrogen-bond acceptors (Lipinski definition) is 6. The fourth-order valence-electron chi connectivity index (χ4n) is 8.39. The molecular weight excluding hydrogens is 757 g/mol. The lowest BCUT2D eigenvalue weighted by atomic mass is 10.0. The molecule has 0 aromatic heterocycles. The van der Waals surface area contributed by atoms with Crippen molar-refractivity contribution in [3.63, 3.8) is 0 Å². The standard InChI is InChI=1S/C55H106O6/c1-5-7-9-11-13-15-17-19-20-21-22-23-24-25-27-31-35-39-43-47-54(57)60-50-52(61-55(58)48-44-40-36-32-28-29-33-37-41-45-51(3)4)49-59-53(56)46-42-38-34-30-26-18-16-14-12-10-8-6-2/h51-52H,5-50H2,1-4H3/t52-/m1/s1. The van der Waals surface area contributed by atoms with E-state index >= 15 is 0 Å². The molecule has 61 heavy (non-hydrogen) atoms. The van der Waals surface area contributed by atoms with Gasteiger partial charge >= 0.3 is 17.9 Å². The van der Waals surface area contributed by atoms with Crippen molar-refractivity contribution in [3.8, 4) is 0 Å². The summed E-state index contributed by atoms with van der Waals surface area (Å²) in [6, 6.07) is 0. The number of hydrogen-bond donors (Lipinski definition) is 0. The molecule has 0 aromatic carbocycles. The highest BCUT2D eigenvalue weighted by molar-refractivity contribution is 5.71. The summed E-state index contributed by atoms with van der Waals surface area (Å²) in [5.74, 6) is -0.0368. The molecule has 0 aromatic rings. The van der Waals surface area contributed by atoms with Crippen LogP contribution in [0.25, 0.3) is 0 Å². The molecule has 0 amide bonds. The maximum atomic E-state index is 12.8. The number of ether oxygens (including phenoxy) is 3. The molecule has 6 heteroatoms. The van der Waals surface area contributed by atoms with E-state index in [1.54, 1.807) is 0 Å². The second-order valence-electron chi connectivity index (χ2n) is 19.3. The largest absolute Gasteiger partial charge is 0.462 e. The third kappa shape index (κ3) is 49.3. The molecule has 362 valence electrons. The predicted molar refractivity (Wildman–Crippen MR) is 261 cm³/mol. The molecule has 0 unspecified atom stereocenters. The van der Waals surface area contributed by atoms with E-state index in [2.05, 4.69) is 27.7 Å². The van der Waals surface area contributed by atoms with Gasteiger partial charge in [-0.3, -0.25) is 14.4 Å². The first-order valence-electron chi connectivity index (χ1n) is 27.4. The number of esters is 3. The lowest BCUT2D eigenvalue weighted by Gasteiger charge is -2.18. The van der Waals surface area contributed by atoms with E-state index in [0.717, 1.165) is 63.7 Å². The third-order valence-electron chi connectivity index (χ3n) is 12.5. The van der Waals surface area contributed by atoms with E-state index in [4.69, 9.17) is 14.2 Å². The number of unbranched alkanes of at least 4 members (excludes halogenated alkanes) is 37. The van der Waals surface area contributed by atoms with Crippen molar-refractivity contribution >= 4 is 17.9 Å². The summed E-state index contributed by atoms with van der Waals surface area (Å²) < 4.78 is 16.8. The second kappa shape index (κ2) is 49.4. The van der Waals surface area contributed by atoms with Gasteiger partial charge in [0.05, 0.1) is 0 Å². The normalized spacial score (nSPS) is 12.0. The molecular formula is C55H106O6. The summed E-state index contributed by atoms with van der Waals surface area (Å²) in [6.45, 7) is 9.02. The van der Waals surface area contributed by atoms with Crippen LogP contribution in [-0.4, -0.2) is 37.2 Å². The van der Waals surface area contributed by atoms with E-state index in [1.165, 1.54) is 205 Å². The van der Waals surface area contributed by atoms with Crippen LogP contribution >= 0.6 is 0 Å². The Balaban J connectivity index is 4.24. The molecule has 0 spiro atoms. The molecule has 0 rings (SSSR count). The summed E-state index contributed by atoms with van der Waals surface area (Å²) in [4.78, 5) is 38.0. The van der Waals surface area contributed by atoms with Gasteiger partial charge in [0.2, 0.25) is 0 Å². The Morgan fingerprint density at radius 3 is 0.803 bits per heavy atom. The van der Waals surface area contributed by atoms with Crippen LogP contribution in [0.3, 0.4) is 0 Å². The number of carbonyl (C=O) groups is 3. The molecule has 6 nitrogen and oxygen atoms in total. The molecule has 0 saturated heterocycles. The molecule has 0 heterocycles. The van der Waals surface area contributed by atoms with Gasteiger partial charge in [-0.25, -0.2) is 0 Å². The predicted octanol–water partition coefficient (Wildman–Crippen LogP) is 17.8. The van der Waals surface area contributed by atoms with Crippen molar-refractivity contribution in [1.82, 2.24) is 0 Å². The van der Waals surface area contributed by atoms with Gasteiger partial charge in [0.15, 0.2) is 6.10 Å². The smallest absolute Gasteiger partial charge is 0.306 e. The monoisotopic (exact) mass is 863 g/mol. The summed E-state index contributed by atoms with van der Waals surface area (Å²) in [5, 5.41) is 0.